The maximum atomic E-state index is 11.9. The summed E-state index contributed by atoms with van der Waals surface area (Å²) >= 11 is 0. The Morgan fingerprint density at radius 1 is 0.926 bits per heavy atom. The van der Waals surface area contributed by atoms with Crippen LogP contribution in [0.5, 0.6) is 11.8 Å². The third kappa shape index (κ3) is 5.53. The van der Waals surface area contributed by atoms with Gasteiger partial charge in [-0.25, -0.2) is 9.59 Å². The van der Waals surface area contributed by atoms with Crippen LogP contribution in [0.3, 0.4) is 0 Å². The summed E-state index contributed by atoms with van der Waals surface area (Å²) < 4.78 is 14.9. The van der Waals surface area contributed by atoms with Crippen LogP contribution in [0, 0.1) is 0 Å². The first-order valence-electron chi connectivity index (χ1n) is 7.92. The second-order valence-corrected chi connectivity index (χ2v) is 5.79. The molecule has 0 bridgehead atoms. The van der Waals surface area contributed by atoms with Gasteiger partial charge >= 0.3 is 17.9 Å². The van der Waals surface area contributed by atoms with Gasteiger partial charge in [0.15, 0.2) is 6.61 Å². The topological polar surface area (TPSA) is 107 Å². The second-order valence-electron chi connectivity index (χ2n) is 5.79. The highest BCUT2D eigenvalue weighted by molar-refractivity contribution is 5.90. The van der Waals surface area contributed by atoms with Gasteiger partial charge in [0.2, 0.25) is 11.9 Å². The van der Waals surface area contributed by atoms with E-state index in [1.54, 1.807) is 21.9 Å². The summed E-state index contributed by atoms with van der Waals surface area (Å²) in [4.78, 5) is 39.1. The molecule has 0 N–H and O–H groups in total. The molecule has 0 aliphatic rings. The summed E-state index contributed by atoms with van der Waals surface area (Å²) in [7, 11) is 8.47. The van der Waals surface area contributed by atoms with Crippen LogP contribution in [-0.4, -0.2) is 68.8 Å². The van der Waals surface area contributed by atoms with Crippen molar-refractivity contribution >= 4 is 23.8 Å². The first kappa shape index (κ1) is 19.9. The maximum Gasteiger partial charge on any atom is 0.344 e. The number of ether oxygens (including phenoxy) is 3. The number of carbonyl (C=O) groups excluding carboxylic acids is 2. The number of carbonyl (C=O) groups is 2. The Balaban J connectivity index is 2.12. The SMILES string of the molecule is COC(=O)COC(=O)c1ccc(Oc2nc(N(C)C)nc(N(C)C)n2)cc1. The number of benzene rings is 1. The molecular weight excluding hydrogens is 354 g/mol. The number of hydrogen-bond donors (Lipinski definition) is 0. The number of aromatic nitrogens is 3. The van der Waals surface area contributed by atoms with E-state index in [0.29, 0.717) is 17.6 Å². The van der Waals surface area contributed by atoms with E-state index < -0.39 is 18.5 Å². The van der Waals surface area contributed by atoms with Crippen LogP contribution in [0.15, 0.2) is 24.3 Å². The molecule has 1 aromatic carbocycles. The Kier molecular flexibility index (Phi) is 6.47. The molecule has 10 heteroatoms. The quantitative estimate of drug-likeness (QED) is 0.653. The van der Waals surface area contributed by atoms with Crippen molar-refractivity contribution in [3.05, 3.63) is 29.8 Å². The molecule has 1 heterocycles. The molecule has 0 fully saturated rings. The number of rotatable bonds is 7. The van der Waals surface area contributed by atoms with Crippen molar-refractivity contribution in [2.75, 3.05) is 51.7 Å². The first-order valence-corrected chi connectivity index (χ1v) is 7.92. The number of methoxy groups -OCH3 is 1. The lowest BCUT2D eigenvalue weighted by Crippen LogP contribution is -2.19. The third-order valence-corrected chi connectivity index (χ3v) is 3.24. The zero-order chi connectivity index (χ0) is 20.0. The fourth-order valence-corrected chi connectivity index (χ4v) is 1.81. The highest BCUT2D eigenvalue weighted by atomic mass is 16.6. The van der Waals surface area contributed by atoms with Gasteiger partial charge in [0, 0.05) is 28.2 Å². The fraction of sp³-hybridized carbons (Fsp3) is 0.353. The number of anilines is 2. The van der Waals surface area contributed by atoms with Gasteiger partial charge in [0.05, 0.1) is 12.7 Å². The molecule has 0 radical (unpaired) electrons. The Morgan fingerprint density at radius 3 is 1.96 bits per heavy atom. The van der Waals surface area contributed by atoms with Crippen LogP contribution in [-0.2, 0) is 14.3 Å². The monoisotopic (exact) mass is 375 g/mol. The van der Waals surface area contributed by atoms with E-state index in [1.165, 1.54) is 19.2 Å². The predicted octanol–water partition coefficient (Wildman–Crippen LogP) is 1.13. The van der Waals surface area contributed by atoms with E-state index >= 15 is 0 Å². The van der Waals surface area contributed by atoms with E-state index in [9.17, 15) is 9.59 Å². The lowest BCUT2D eigenvalue weighted by Gasteiger charge is -2.16. The zero-order valence-corrected chi connectivity index (χ0v) is 15.8. The van der Waals surface area contributed by atoms with Crippen molar-refractivity contribution in [3.63, 3.8) is 0 Å². The van der Waals surface area contributed by atoms with Gasteiger partial charge in [0.1, 0.15) is 5.75 Å². The Morgan fingerprint density at radius 2 is 1.48 bits per heavy atom. The summed E-state index contributed by atoms with van der Waals surface area (Å²) in [5.74, 6) is 0.0574. The van der Waals surface area contributed by atoms with Crippen molar-refractivity contribution in [1.82, 2.24) is 15.0 Å². The molecule has 144 valence electrons. The van der Waals surface area contributed by atoms with Gasteiger partial charge in [-0.1, -0.05) is 0 Å². The molecule has 0 saturated carbocycles. The molecule has 0 aliphatic heterocycles. The normalized spacial score (nSPS) is 10.1. The van der Waals surface area contributed by atoms with E-state index in [4.69, 9.17) is 9.47 Å². The van der Waals surface area contributed by atoms with Crippen LogP contribution < -0.4 is 14.5 Å². The molecule has 1 aromatic heterocycles. The standard InChI is InChI=1S/C17H21N5O5/c1-21(2)15-18-16(22(3)4)20-17(19-15)27-12-8-6-11(7-9-12)14(24)26-10-13(23)25-5/h6-9H,10H2,1-5H3. The molecule has 2 rings (SSSR count). The highest BCUT2D eigenvalue weighted by Crippen LogP contribution is 2.22. The maximum absolute atomic E-state index is 11.9. The second kappa shape index (κ2) is 8.79. The van der Waals surface area contributed by atoms with Gasteiger partial charge in [-0.05, 0) is 24.3 Å². The molecule has 0 amide bonds. The van der Waals surface area contributed by atoms with Crippen molar-refractivity contribution < 1.29 is 23.8 Å². The predicted molar refractivity (Wildman–Crippen MR) is 97.3 cm³/mol. The average molecular weight is 375 g/mol. The van der Waals surface area contributed by atoms with Crippen LogP contribution in [0.2, 0.25) is 0 Å². The van der Waals surface area contributed by atoms with E-state index in [-0.39, 0.29) is 11.6 Å². The van der Waals surface area contributed by atoms with Crippen molar-refractivity contribution in [1.29, 1.82) is 0 Å². The zero-order valence-electron chi connectivity index (χ0n) is 15.8. The largest absolute Gasteiger partial charge is 0.466 e. The summed E-state index contributed by atoms with van der Waals surface area (Å²) in [5.41, 5.74) is 0.268. The van der Waals surface area contributed by atoms with Crippen LogP contribution in [0.25, 0.3) is 0 Å². The van der Waals surface area contributed by atoms with E-state index in [0.717, 1.165) is 0 Å². The summed E-state index contributed by atoms with van der Waals surface area (Å²) in [6.45, 7) is -0.445. The molecule has 0 unspecified atom stereocenters. The fourth-order valence-electron chi connectivity index (χ4n) is 1.81. The summed E-state index contributed by atoms with van der Waals surface area (Å²) in [6, 6.07) is 6.29. The molecule has 0 atom stereocenters. The Labute approximate surface area is 156 Å². The van der Waals surface area contributed by atoms with Crippen molar-refractivity contribution in [2.24, 2.45) is 0 Å². The number of hydrogen-bond acceptors (Lipinski definition) is 10. The molecule has 0 saturated heterocycles. The van der Waals surface area contributed by atoms with Gasteiger partial charge < -0.3 is 24.0 Å². The molecule has 2 aromatic rings. The average Bonchev–Trinajstić information content (AvgIpc) is 2.66. The minimum absolute atomic E-state index is 0.124. The lowest BCUT2D eigenvalue weighted by atomic mass is 10.2. The molecular formula is C17H21N5O5. The smallest absolute Gasteiger partial charge is 0.344 e. The van der Waals surface area contributed by atoms with Gasteiger partial charge in [-0.15, -0.1) is 0 Å². The van der Waals surface area contributed by atoms with E-state index in [2.05, 4.69) is 19.7 Å². The number of esters is 2. The Hall–Kier alpha value is -3.43. The van der Waals surface area contributed by atoms with Crippen LogP contribution >= 0.6 is 0 Å². The number of nitrogens with zero attached hydrogens (tertiary/aromatic N) is 5. The first-order chi connectivity index (χ1) is 12.8. The minimum atomic E-state index is -0.642. The molecule has 0 spiro atoms. The minimum Gasteiger partial charge on any atom is -0.466 e. The van der Waals surface area contributed by atoms with Crippen LogP contribution in [0.4, 0.5) is 11.9 Å². The third-order valence-electron chi connectivity index (χ3n) is 3.24. The Bertz CT molecular complexity index is 782. The van der Waals surface area contributed by atoms with Crippen molar-refractivity contribution in [2.45, 2.75) is 0 Å². The molecule has 27 heavy (non-hydrogen) atoms. The summed E-state index contributed by atoms with van der Waals surface area (Å²) in [5, 5.41) is 0. The molecule has 10 nitrogen and oxygen atoms in total. The summed E-state index contributed by atoms with van der Waals surface area (Å²) in [6.07, 6.45) is 0. The molecule has 0 aliphatic carbocycles. The van der Waals surface area contributed by atoms with Gasteiger partial charge in [0.25, 0.3) is 0 Å². The lowest BCUT2D eigenvalue weighted by molar-refractivity contribution is -0.144. The van der Waals surface area contributed by atoms with Crippen molar-refractivity contribution in [3.8, 4) is 11.8 Å². The van der Waals surface area contributed by atoms with Crippen LogP contribution in [0.1, 0.15) is 10.4 Å². The van der Waals surface area contributed by atoms with E-state index in [1.807, 2.05) is 28.2 Å². The van der Waals surface area contributed by atoms with Gasteiger partial charge in [-0.2, -0.15) is 15.0 Å². The van der Waals surface area contributed by atoms with Gasteiger partial charge in [-0.3, -0.25) is 0 Å². The highest BCUT2D eigenvalue weighted by Gasteiger charge is 2.13.